The molecule has 156 valence electrons. The van der Waals surface area contributed by atoms with Gasteiger partial charge in [-0.1, -0.05) is 113 Å². The molecule has 0 amide bonds. The molecule has 0 heterocycles. The molecule has 0 aromatic heterocycles. The Morgan fingerprint density at radius 2 is 0.938 bits per heavy atom. The zero-order valence-corrected chi connectivity index (χ0v) is 19.2. The summed E-state index contributed by atoms with van der Waals surface area (Å²) < 4.78 is 0. The normalized spacial score (nSPS) is 12.3. The van der Waals surface area contributed by atoms with Crippen LogP contribution in [0.1, 0.15) is 50.7 Å². The fourth-order valence-electron chi connectivity index (χ4n) is 5.73. The van der Waals surface area contributed by atoms with E-state index in [0.29, 0.717) is 11.8 Å². The van der Waals surface area contributed by atoms with Gasteiger partial charge in [0, 0.05) is 0 Å². The molecule has 0 aliphatic heterocycles. The standard InChI is InChI=1S/C32H28/c1-19(2)23-12-8-13-24(20(3)4)31(23)28-18-17-22-11-6-15-26-25-14-5-9-21-10-7-16-27(29(21)25)32(28)30(22)26/h5-20H,1-4H3. The molecule has 0 atom stereocenters. The molecule has 0 spiro atoms. The van der Waals surface area contributed by atoms with E-state index in [1.165, 1.54) is 65.3 Å². The van der Waals surface area contributed by atoms with Crippen LogP contribution >= 0.6 is 0 Å². The summed E-state index contributed by atoms with van der Waals surface area (Å²) >= 11 is 0. The molecule has 0 bridgehead atoms. The van der Waals surface area contributed by atoms with E-state index < -0.39 is 0 Å². The fraction of sp³-hybridized carbons (Fsp3) is 0.188. The number of fused-ring (bicyclic) bond motifs is 2. The van der Waals surface area contributed by atoms with Crippen molar-refractivity contribution in [3.63, 3.8) is 0 Å². The van der Waals surface area contributed by atoms with Gasteiger partial charge in [0.05, 0.1) is 0 Å². The Balaban J connectivity index is 1.92. The molecule has 32 heavy (non-hydrogen) atoms. The first-order valence-electron chi connectivity index (χ1n) is 11.8. The lowest BCUT2D eigenvalue weighted by molar-refractivity contribution is 0.838. The van der Waals surface area contributed by atoms with E-state index in [4.69, 9.17) is 0 Å². The molecule has 0 unspecified atom stereocenters. The highest BCUT2D eigenvalue weighted by atomic mass is 14.2. The van der Waals surface area contributed by atoms with Gasteiger partial charge in [-0.2, -0.15) is 0 Å². The summed E-state index contributed by atoms with van der Waals surface area (Å²) in [5.74, 6) is 0.932. The van der Waals surface area contributed by atoms with Crippen molar-refractivity contribution in [2.45, 2.75) is 39.5 Å². The van der Waals surface area contributed by atoms with Gasteiger partial charge in [-0.3, -0.25) is 0 Å². The average Bonchev–Trinajstić information content (AvgIpc) is 2.81. The molecule has 0 heteroatoms. The van der Waals surface area contributed by atoms with Crippen LogP contribution in [-0.4, -0.2) is 0 Å². The van der Waals surface area contributed by atoms with Crippen molar-refractivity contribution in [2.24, 2.45) is 0 Å². The van der Waals surface area contributed by atoms with Crippen LogP contribution in [-0.2, 0) is 0 Å². The first-order valence-corrected chi connectivity index (χ1v) is 11.8. The Labute approximate surface area is 189 Å². The Kier molecular flexibility index (Phi) is 4.27. The van der Waals surface area contributed by atoms with Gasteiger partial charge in [-0.15, -0.1) is 0 Å². The molecule has 0 saturated heterocycles. The molecular weight excluding hydrogens is 384 g/mol. The highest BCUT2D eigenvalue weighted by Gasteiger charge is 2.21. The van der Waals surface area contributed by atoms with E-state index in [1.54, 1.807) is 0 Å². The largest absolute Gasteiger partial charge is 0.0617 e. The zero-order valence-electron chi connectivity index (χ0n) is 19.2. The highest BCUT2D eigenvalue weighted by molar-refractivity contribution is 6.35. The molecular formula is C32H28. The van der Waals surface area contributed by atoms with Gasteiger partial charge in [0.15, 0.2) is 0 Å². The Hall–Kier alpha value is -3.38. The van der Waals surface area contributed by atoms with Crippen LogP contribution in [0.3, 0.4) is 0 Å². The molecule has 0 aliphatic carbocycles. The predicted octanol–water partition coefficient (Wildman–Crippen LogP) is 9.65. The van der Waals surface area contributed by atoms with Crippen molar-refractivity contribution in [1.82, 2.24) is 0 Å². The quantitative estimate of drug-likeness (QED) is 0.200. The summed E-state index contributed by atoms with van der Waals surface area (Å²) in [5, 5.41) is 10.9. The molecule has 0 N–H and O–H groups in total. The summed E-state index contributed by atoms with van der Waals surface area (Å²) in [6.07, 6.45) is 0. The maximum absolute atomic E-state index is 2.38. The number of benzene rings is 6. The van der Waals surface area contributed by atoms with Gasteiger partial charge in [-0.05, 0) is 77.2 Å². The van der Waals surface area contributed by atoms with Crippen LogP contribution in [0.15, 0.2) is 84.9 Å². The Morgan fingerprint density at radius 3 is 1.53 bits per heavy atom. The van der Waals surface area contributed by atoms with E-state index in [9.17, 15) is 0 Å². The predicted molar refractivity (Wildman–Crippen MR) is 141 cm³/mol. The first kappa shape index (κ1) is 19.3. The topological polar surface area (TPSA) is 0 Å². The van der Waals surface area contributed by atoms with Gasteiger partial charge < -0.3 is 0 Å². The molecule has 6 aromatic rings. The minimum Gasteiger partial charge on any atom is -0.0617 e. The van der Waals surface area contributed by atoms with Crippen LogP contribution in [0, 0.1) is 0 Å². The second-order valence-electron chi connectivity index (χ2n) is 9.72. The van der Waals surface area contributed by atoms with Gasteiger partial charge in [-0.25, -0.2) is 0 Å². The van der Waals surface area contributed by atoms with Crippen LogP contribution in [0.4, 0.5) is 0 Å². The van der Waals surface area contributed by atoms with Gasteiger partial charge in [0.25, 0.3) is 0 Å². The lowest BCUT2D eigenvalue weighted by Gasteiger charge is -2.23. The van der Waals surface area contributed by atoms with Crippen molar-refractivity contribution >= 4 is 43.1 Å². The number of rotatable bonds is 3. The smallest absolute Gasteiger partial charge is 0.00139 e. The summed E-state index contributed by atoms with van der Waals surface area (Å²) in [6.45, 7) is 9.27. The number of hydrogen-bond donors (Lipinski definition) is 0. The third-order valence-electron chi connectivity index (χ3n) is 7.15. The molecule has 6 rings (SSSR count). The summed E-state index contributed by atoms with van der Waals surface area (Å²) in [7, 11) is 0. The average molecular weight is 413 g/mol. The third kappa shape index (κ3) is 2.62. The maximum Gasteiger partial charge on any atom is -0.00139 e. The van der Waals surface area contributed by atoms with Crippen LogP contribution in [0.25, 0.3) is 54.2 Å². The van der Waals surface area contributed by atoms with Crippen molar-refractivity contribution in [2.75, 3.05) is 0 Å². The Bertz CT molecular complexity index is 1580. The summed E-state index contributed by atoms with van der Waals surface area (Å²) in [4.78, 5) is 0. The van der Waals surface area contributed by atoms with Crippen molar-refractivity contribution in [3.05, 3.63) is 96.1 Å². The molecule has 0 fully saturated rings. The molecule has 0 radical (unpaired) electrons. The van der Waals surface area contributed by atoms with Crippen LogP contribution in [0.5, 0.6) is 0 Å². The second-order valence-corrected chi connectivity index (χ2v) is 9.72. The van der Waals surface area contributed by atoms with Gasteiger partial charge >= 0.3 is 0 Å². The highest BCUT2D eigenvalue weighted by Crippen LogP contribution is 2.46. The number of hydrogen-bond acceptors (Lipinski definition) is 0. The lowest BCUT2D eigenvalue weighted by Crippen LogP contribution is -2.01. The van der Waals surface area contributed by atoms with E-state index in [-0.39, 0.29) is 0 Å². The first-order chi connectivity index (χ1) is 15.6. The van der Waals surface area contributed by atoms with Crippen LogP contribution in [0.2, 0.25) is 0 Å². The third-order valence-corrected chi connectivity index (χ3v) is 7.15. The minimum absolute atomic E-state index is 0.466. The van der Waals surface area contributed by atoms with E-state index >= 15 is 0 Å². The van der Waals surface area contributed by atoms with Gasteiger partial charge in [0.2, 0.25) is 0 Å². The van der Waals surface area contributed by atoms with Crippen molar-refractivity contribution < 1.29 is 0 Å². The second kappa shape index (κ2) is 7.07. The van der Waals surface area contributed by atoms with Crippen molar-refractivity contribution in [3.8, 4) is 11.1 Å². The molecule has 6 aromatic carbocycles. The fourth-order valence-corrected chi connectivity index (χ4v) is 5.73. The van der Waals surface area contributed by atoms with Crippen molar-refractivity contribution in [1.29, 1.82) is 0 Å². The van der Waals surface area contributed by atoms with Gasteiger partial charge in [0.1, 0.15) is 0 Å². The SMILES string of the molecule is CC(C)c1cccc(C(C)C)c1-c1ccc2cccc3c4cccc5cccc(c1c23)c54. The Morgan fingerprint density at radius 1 is 0.438 bits per heavy atom. The monoisotopic (exact) mass is 412 g/mol. The van der Waals surface area contributed by atoms with E-state index in [1.807, 2.05) is 0 Å². The molecule has 0 saturated carbocycles. The van der Waals surface area contributed by atoms with E-state index in [0.717, 1.165) is 0 Å². The minimum atomic E-state index is 0.466. The van der Waals surface area contributed by atoms with E-state index in [2.05, 4.69) is 113 Å². The van der Waals surface area contributed by atoms with Crippen LogP contribution < -0.4 is 0 Å². The molecule has 0 nitrogen and oxygen atoms in total. The molecule has 0 aliphatic rings. The zero-order chi connectivity index (χ0) is 22.0. The maximum atomic E-state index is 2.38. The summed E-state index contributed by atoms with van der Waals surface area (Å²) in [5.41, 5.74) is 5.69. The summed E-state index contributed by atoms with van der Waals surface area (Å²) in [6, 6.07) is 31.9. The lowest BCUT2D eigenvalue weighted by atomic mass is 9.80.